The van der Waals surface area contributed by atoms with Crippen molar-refractivity contribution in [1.82, 2.24) is 0 Å². The van der Waals surface area contributed by atoms with Crippen LogP contribution in [-0.4, -0.2) is 19.2 Å². The summed E-state index contributed by atoms with van der Waals surface area (Å²) in [5.41, 5.74) is 7.52. The maximum Gasteiger partial charge on any atom is 0.258 e. The van der Waals surface area contributed by atoms with Crippen molar-refractivity contribution in [3.8, 4) is 0 Å². The molecule has 0 aliphatic heterocycles. The van der Waals surface area contributed by atoms with Gasteiger partial charge >= 0.3 is 0 Å². The Labute approximate surface area is 209 Å². The summed E-state index contributed by atoms with van der Waals surface area (Å²) in [5.74, 6) is 1.81. The van der Waals surface area contributed by atoms with Crippen molar-refractivity contribution in [2.75, 3.05) is 0 Å². The topological polar surface area (TPSA) is 46.2 Å². The van der Waals surface area contributed by atoms with Gasteiger partial charge in [-0.1, -0.05) is 109 Å². The van der Waals surface area contributed by atoms with E-state index in [-0.39, 0.29) is 11.1 Å². The van der Waals surface area contributed by atoms with Gasteiger partial charge in [0.2, 0.25) is 0 Å². The molecule has 0 spiro atoms. The Morgan fingerprint density at radius 1 is 0.941 bits per heavy atom. The van der Waals surface area contributed by atoms with Gasteiger partial charge in [-0.3, -0.25) is 0 Å². The average molecular weight is 478 g/mol. The molecule has 0 bridgehead atoms. The van der Waals surface area contributed by atoms with E-state index in [1.54, 1.807) is 0 Å². The van der Waals surface area contributed by atoms with Crippen LogP contribution in [0, 0.1) is 28.6 Å². The van der Waals surface area contributed by atoms with E-state index in [1.165, 1.54) is 19.3 Å². The van der Waals surface area contributed by atoms with Crippen molar-refractivity contribution >= 4 is 18.7 Å². The van der Waals surface area contributed by atoms with Crippen LogP contribution in [-0.2, 0) is 0 Å². The van der Waals surface area contributed by atoms with Gasteiger partial charge in [0.1, 0.15) is 0 Å². The van der Waals surface area contributed by atoms with Crippen LogP contribution in [0.2, 0.25) is 5.04 Å². The first kappa shape index (κ1) is 25.7. The summed E-state index contributed by atoms with van der Waals surface area (Å²) in [6.45, 7) is 14.6. The smallest absolute Gasteiger partial charge is 0.258 e. The molecule has 2 aromatic rings. The lowest BCUT2D eigenvalue weighted by Gasteiger charge is -2.61. The quantitative estimate of drug-likeness (QED) is 0.493. The highest BCUT2D eigenvalue weighted by Crippen LogP contribution is 2.62. The Morgan fingerprint density at radius 3 is 2.00 bits per heavy atom. The second-order valence-corrected chi connectivity index (χ2v) is 17.1. The molecule has 0 amide bonds. The number of fused-ring (bicyclic) bond motifs is 1. The Hall–Kier alpha value is -1.42. The normalized spacial score (nSPS) is 31.6. The molecule has 3 N–H and O–H groups in total. The summed E-state index contributed by atoms with van der Waals surface area (Å²) in [6, 6.07) is 21.2. The molecular weight excluding hydrogens is 430 g/mol. The maximum atomic E-state index is 12.6. The average Bonchev–Trinajstić information content (AvgIpc) is 2.81. The largest absolute Gasteiger partial charge is 0.424 e. The predicted octanol–water partition coefficient (Wildman–Crippen LogP) is 6.11. The summed E-state index contributed by atoms with van der Waals surface area (Å²) < 4.78 is 0. The van der Waals surface area contributed by atoms with E-state index in [2.05, 4.69) is 90.1 Å². The highest BCUT2D eigenvalue weighted by Gasteiger charge is 2.57. The number of rotatable bonds is 6. The third-order valence-corrected chi connectivity index (χ3v) is 14.9. The van der Waals surface area contributed by atoms with Crippen molar-refractivity contribution in [2.24, 2.45) is 34.3 Å². The van der Waals surface area contributed by atoms with Gasteiger partial charge < -0.3 is 10.5 Å². The van der Waals surface area contributed by atoms with Crippen LogP contribution in [0.4, 0.5) is 0 Å². The van der Waals surface area contributed by atoms with Gasteiger partial charge in [-0.05, 0) is 76.1 Å². The maximum absolute atomic E-state index is 12.6. The van der Waals surface area contributed by atoms with Gasteiger partial charge in [0.05, 0.1) is 0 Å². The van der Waals surface area contributed by atoms with E-state index in [9.17, 15) is 4.80 Å². The van der Waals surface area contributed by atoms with Crippen molar-refractivity contribution in [1.29, 1.82) is 0 Å². The fourth-order valence-corrected chi connectivity index (χ4v) is 11.9. The molecule has 4 rings (SSSR count). The van der Waals surface area contributed by atoms with E-state index >= 15 is 0 Å². The molecule has 5 atom stereocenters. The Balaban J connectivity index is 1.68. The first-order valence-corrected chi connectivity index (χ1v) is 15.5. The summed E-state index contributed by atoms with van der Waals surface area (Å²) in [7, 11) is -2.98. The van der Waals surface area contributed by atoms with Crippen LogP contribution in [0.3, 0.4) is 0 Å². The monoisotopic (exact) mass is 477 g/mol. The highest BCUT2D eigenvalue weighted by molar-refractivity contribution is 6.98. The molecular formula is C31H47NOSi. The lowest BCUT2D eigenvalue weighted by atomic mass is 9.45. The zero-order valence-corrected chi connectivity index (χ0v) is 23.4. The SMILES string of the molecule is C[C@@H]1[C@H](N)CC2C(C)(C)CCC[C@]2(C)[C@H]1CCC(C)(C)[Si](O)(c1ccccc1)c1ccccc1. The van der Waals surface area contributed by atoms with Crippen LogP contribution in [0.5, 0.6) is 0 Å². The van der Waals surface area contributed by atoms with Gasteiger partial charge in [-0.2, -0.15) is 0 Å². The molecule has 2 fully saturated rings. The van der Waals surface area contributed by atoms with Crippen molar-refractivity contribution < 1.29 is 4.80 Å². The van der Waals surface area contributed by atoms with Crippen LogP contribution >= 0.6 is 0 Å². The molecule has 2 saturated carbocycles. The molecule has 1 unspecified atom stereocenters. The zero-order valence-electron chi connectivity index (χ0n) is 22.4. The first-order valence-electron chi connectivity index (χ1n) is 13.5. The molecule has 0 heterocycles. The summed E-state index contributed by atoms with van der Waals surface area (Å²) in [4.78, 5) is 12.6. The van der Waals surface area contributed by atoms with Crippen molar-refractivity contribution in [3.05, 3.63) is 60.7 Å². The molecule has 3 heteroatoms. The lowest BCUT2D eigenvalue weighted by molar-refractivity contribution is -0.104. The van der Waals surface area contributed by atoms with Crippen molar-refractivity contribution in [3.63, 3.8) is 0 Å². The van der Waals surface area contributed by atoms with Gasteiger partial charge in [0.15, 0.2) is 0 Å². The molecule has 0 aromatic heterocycles. The predicted molar refractivity (Wildman–Crippen MR) is 148 cm³/mol. The fraction of sp³-hybridized carbons (Fsp3) is 0.613. The Kier molecular flexibility index (Phi) is 6.96. The number of hydrogen-bond donors (Lipinski definition) is 2. The standard InChI is InChI=1S/C31H47NOSi/c1-23-26(31(6)20-13-19-29(2,3)28(31)22-27(23)32)18-21-30(4,5)34(33,24-14-9-7-10-15-24)25-16-11-8-12-17-25/h7-12,14-17,23,26-28,33H,13,18-22,32H2,1-6H3/t23-,26-,27+,28?,31+/m0/s1. The molecule has 0 radical (unpaired) electrons. The molecule has 2 aromatic carbocycles. The summed E-state index contributed by atoms with van der Waals surface area (Å²) in [5, 5.41) is 2.03. The Bertz CT molecular complexity index is 916. The number of hydrogen-bond acceptors (Lipinski definition) is 2. The summed E-state index contributed by atoms with van der Waals surface area (Å²) in [6.07, 6.45) is 7.29. The second kappa shape index (κ2) is 9.22. The van der Waals surface area contributed by atoms with Crippen LogP contribution in [0.15, 0.2) is 60.7 Å². The van der Waals surface area contributed by atoms with E-state index in [0.29, 0.717) is 28.6 Å². The molecule has 2 aliphatic carbocycles. The minimum Gasteiger partial charge on any atom is -0.424 e. The van der Waals surface area contributed by atoms with Gasteiger partial charge in [0, 0.05) is 6.04 Å². The van der Waals surface area contributed by atoms with Crippen LogP contribution in [0.25, 0.3) is 0 Å². The van der Waals surface area contributed by atoms with Gasteiger partial charge in [-0.15, -0.1) is 0 Å². The fourth-order valence-electron chi connectivity index (χ4n) is 8.18. The third kappa shape index (κ3) is 4.22. The second-order valence-electron chi connectivity index (χ2n) is 13.1. The molecule has 2 nitrogen and oxygen atoms in total. The molecule has 186 valence electrons. The lowest BCUT2D eigenvalue weighted by Crippen LogP contribution is -2.65. The molecule has 34 heavy (non-hydrogen) atoms. The van der Waals surface area contributed by atoms with E-state index in [1.807, 2.05) is 12.1 Å². The minimum atomic E-state index is -2.98. The minimum absolute atomic E-state index is 0.201. The molecule has 0 saturated heterocycles. The highest BCUT2D eigenvalue weighted by atomic mass is 28.4. The number of benzene rings is 2. The summed E-state index contributed by atoms with van der Waals surface area (Å²) >= 11 is 0. The van der Waals surface area contributed by atoms with Gasteiger partial charge in [-0.25, -0.2) is 0 Å². The number of nitrogens with two attached hydrogens (primary N) is 1. The van der Waals surface area contributed by atoms with Gasteiger partial charge in [0.25, 0.3) is 8.32 Å². The Morgan fingerprint density at radius 2 is 1.47 bits per heavy atom. The first-order chi connectivity index (χ1) is 15.9. The van der Waals surface area contributed by atoms with Crippen LogP contribution in [0.1, 0.15) is 80.1 Å². The van der Waals surface area contributed by atoms with E-state index in [4.69, 9.17) is 5.73 Å². The zero-order chi connectivity index (χ0) is 24.8. The van der Waals surface area contributed by atoms with E-state index < -0.39 is 8.32 Å². The van der Waals surface area contributed by atoms with E-state index in [0.717, 1.165) is 29.6 Å². The van der Waals surface area contributed by atoms with Crippen LogP contribution < -0.4 is 16.1 Å². The third-order valence-electron chi connectivity index (χ3n) is 10.4. The van der Waals surface area contributed by atoms with Crippen molar-refractivity contribution in [2.45, 2.75) is 91.1 Å². The molecule has 2 aliphatic rings.